The number of ether oxygens (including phenoxy) is 3. The van der Waals surface area contributed by atoms with Gasteiger partial charge in [-0.1, -0.05) is 357 Å². The first kappa shape index (κ1) is 78.8. The summed E-state index contributed by atoms with van der Waals surface area (Å²) < 4.78 is 17.0. The molecule has 0 N–H and O–H groups in total. The van der Waals surface area contributed by atoms with Gasteiger partial charge in [0.2, 0.25) is 0 Å². The van der Waals surface area contributed by atoms with Crippen LogP contribution in [0.15, 0.2) is 72.9 Å². The number of hydrogen-bond acceptors (Lipinski definition) is 6. The number of allylic oxidation sites excluding steroid dienone is 12. The van der Waals surface area contributed by atoms with Crippen LogP contribution < -0.4 is 0 Å². The van der Waals surface area contributed by atoms with Gasteiger partial charge in [-0.15, -0.1) is 0 Å². The highest BCUT2D eigenvalue weighted by atomic mass is 16.6. The van der Waals surface area contributed by atoms with E-state index in [2.05, 4.69) is 93.7 Å². The fourth-order valence-electron chi connectivity index (χ4n) is 10.6. The molecule has 0 radical (unpaired) electrons. The van der Waals surface area contributed by atoms with Crippen LogP contribution >= 0.6 is 0 Å². The normalized spacial score (nSPS) is 12.5. The molecule has 0 saturated carbocycles. The van der Waals surface area contributed by atoms with Crippen LogP contribution in [0.3, 0.4) is 0 Å². The highest BCUT2D eigenvalue weighted by Gasteiger charge is 2.19. The quantitative estimate of drug-likeness (QED) is 0.0261. The molecule has 0 aromatic carbocycles. The van der Waals surface area contributed by atoms with Crippen LogP contribution in [-0.4, -0.2) is 37.2 Å². The Labute approximate surface area is 510 Å². The molecule has 0 saturated heterocycles. The van der Waals surface area contributed by atoms with Gasteiger partial charge in [0.1, 0.15) is 13.2 Å². The Morgan fingerprint density at radius 3 is 0.744 bits per heavy atom. The summed E-state index contributed by atoms with van der Waals surface area (Å²) in [5.74, 6) is -0.861. The molecule has 1 atom stereocenters. The highest BCUT2D eigenvalue weighted by molar-refractivity contribution is 5.71. The van der Waals surface area contributed by atoms with E-state index >= 15 is 0 Å². The Bertz CT molecular complexity index is 1500. The van der Waals surface area contributed by atoms with E-state index in [4.69, 9.17) is 14.2 Å². The number of carbonyl (C=O) groups excluding carboxylic acids is 3. The van der Waals surface area contributed by atoms with E-state index in [0.717, 1.165) is 103 Å². The zero-order chi connectivity index (χ0) is 59.2. The van der Waals surface area contributed by atoms with Crippen molar-refractivity contribution in [3.05, 3.63) is 72.9 Å². The maximum absolute atomic E-state index is 12.9. The van der Waals surface area contributed by atoms with Gasteiger partial charge in [0, 0.05) is 19.3 Å². The van der Waals surface area contributed by atoms with Crippen molar-refractivity contribution in [1.29, 1.82) is 0 Å². The lowest BCUT2D eigenvalue weighted by atomic mass is 10.0. The molecule has 476 valence electrons. The Morgan fingerprint density at radius 2 is 0.476 bits per heavy atom. The minimum Gasteiger partial charge on any atom is -0.462 e. The van der Waals surface area contributed by atoms with Gasteiger partial charge in [0.05, 0.1) is 0 Å². The molecule has 0 spiro atoms. The average molecular weight is 1150 g/mol. The van der Waals surface area contributed by atoms with Gasteiger partial charge in [0.25, 0.3) is 0 Å². The van der Waals surface area contributed by atoms with Gasteiger partial charge in [-0.3, -0.25) is 14.4 Å². The van der Waals surface area contributed by atoms with Crippen LogP contribution in [0.2, 0.25) is 0 Å². The molecule has 0 aliphatic carbocycles. The summed E-state index contributed by atoms with van der Waals surface area (Å²) in [7, 11) is 0. The standard InChI is InChI=1S/C76H136O6/c1-4-7-10-13-16-19-22-24-26-28-30-32-34-36-38-40-42-44-46-48-50-52-54-57-60-63-66-69-75(78)81-72-73(71-80-74(77)68-65-62-59-56-21-18-15-12-9-6-3)82-76(79)70-67-64-61-58-55-53-51-49-47-45-43-41-39-37-35-33-31-29-27-25-23-20-17-14-11-8-5-2/h7,10,16,19,24,26,30,32,36,38,42,44,73H,4-6,8-9,11-15,17-18,20-23,25,27-29,31,33-35,37,39-41,43,45-72H2,1-3H3/b10-7-,19-16-,26-24-,32-30-,38-36-,44-42-. The maximum Gasteiger partial charge on any atom is 0.306 e. The Balaban J connectivity index is 4.18. The van der Waals surface area contributed by atoms with Crippen molar-refractivity contribution in [2.75, 3.05) is 13.2 Å². The first-order chi connectivity index (χ1) is 40.5. The molecule has 0 aromatic rings. The first-order valence-corrected chi connectivity index (χ1v) is 35.9. The third kappa shape index (κ3) is 67.6. The molecule has 6 nitrogen and oxygen atoms in total. The van der Waals surface area contributed by atoms with Crippen molar-refractivity contribution in [3.63, 3.8) is 0 Å². The van der Waals surface area contributed by atoms with Crippen molar-refractivity contribution in [3.8, 4) is 0 Å². The van der Waals surface area contributed by atoms with Crippen molar-refractivity contribution in [2.45, 2.75) is 380 Å². The lowest BCUT2D eigenvalue weighted by molar-refractivity contribution is -0.167. The van der Waals surface area contributed by atoms with E-state index in [9.17, 15) is 14.4 Å². The SMILES string of the molecule is CC/C=C\C/C=C\C/C=C\C/C=C\C/C=C\C/C=C\CCCCCCCCCCC(=O)OCC(COC(=O)CCCCCCCCCCCC)OC(=O)CCCCCCCCCCCCCCCCCCCCCCCCCCCCC. The number of unbranched alkanes of at least 4 members (excludes halogenated alkanes) is 43. The van der Waals surface area contributed by atoms with Crippen molar-refractivity contribution < 1.29 is 28.6 Å². The monoisotopic (exact) mass is 1150 g/mol. The predicted octanol–water partition coefficient (Wildman–Crippen LogP) is 24.8. The molecule has 0 amide bonds. The van der Waals surface area contributed by atoms with Crippen LogP contribution in [0.25, 0.3) is 0 Å². The molecular formula is C76H136O6. The Hall–Kier alpha value is -3.15. The molecule has 0 aliphatic heterocycles. The van der Waals surface area contributed by atoms with Crippen molar-refractivity contribution in [2.24, 2.45) is 0 Å². The van der Waals surface area contributed by atoms with Gasteiger partial charge in [-0.2, -0.15) is 0 Å². The lowest BCUT2D eigenvalue weighted by Crippen LogP contribution is -2.30. The zero-order valence-electron chi connectivity index (χ0n) is 54.8. The molecular weight excluding hydrogens is 1010 g/mol. The van der Waals surface area contributed by atoms with Crippen LogP contribution in [0.5, 0.6) is 0 Å². The minimum absolute atomic E-state index is 0.0729. The third-order valence-electron chi connectivity index (χ3n) is 16.0. The Morgan fingerprint density at radius 1 is 0.256 bits per heavy atom. The van der Waals surface area contributed by atoms with E-state index in [1.807, 2.05) is 0 Å². The second-order valence-corrected chi connectivity index (χ2v) is 24.1. The second-order valence-electron chi connectivity index (χ2n) is 24.1. The fourth-order valence-corrected chi connectivity index (χ4v) is 10.6. The first-order valence-electron chi connectivity index (χ1n) is 35.9. The van der Waals surface area contributed by atoms with E-state index in [0.29, 0.717) is 19.3 Å². The van der Waals surface area contributed by atoms with Crippen LogP contribution in [0, 0.1) is 0 Å². The molecule has 6 heteroatoms. The summed E-state index contributed by atoms with van der Waals surface area (Å²) in [5.41, 5.74) is 0. The van der Waals surface area contributed by atoms with Gasteiger partial charge in [-0.05, 0) is 70.6 Å². The molecule has 0 bridgehead atoms. The molecule has 0 aromatic heterocycles. The van der Waals surface area contributed by atoms with E-state index < -0.39 is 6.10 Å². The number of esters is 3. The summed E-state index contributed by atoms with van der Waals surface area (Å²) in [5, 5.41) is 0. The number of rotatable bonds is 66. The summed E-state index contributed by atoms with van der Waals surface area (Å²) in [6.45, 7) is 6.57. The minimum atomic E-state index is -0.776. The lowest BCUT2D eigenvalue weighted by Gasteiger charge is -2.18. The second kappa shape index (κ2) is 70.3. The van der Waals surface area contributed by atoms with Crippen LogP contribution in [0.1, 0.15) is 374 Å². The molecule has 0 fully saturated rings. The summed E-state index contributed by atoms with van der Waals surface area (Å²) in [6.07, 6.45) is 92.3. The number of hydrogen-bond donors (Lipinski definition) is 0. The molecule has 82 heavy (non-hydrogen) atoms. The zero-order valence-corrected chi connectivity index (χ0v) is 54.8. The van der Waals surface area contributed by atoms with Crippen molar-refractivity contribution >= 4 is 17.9 Å². The van der Waals surface area contributed by atoms with Gasteiger partial charge in [-0.25, -0.2) is 0 Å². The average Bonchev–Trinajstić information content (AvgIpc) is 3.48. The number of carbonyl (C=O) groups is 3. The highest BCUT2D eigenvalue weighted by Crippen LogP contribution is 2.18. The largest absolute Gasteiger partial charge is 0.462 e. The topological polar surface area (TPSA) is 78.9 Å². The van der Waals surface area contributed by atoms with E-state index in [1.165, 1.54) is 231 Å². The molecule has 0 heterocycles. The van der Waals surface area contributed by atoms with Crippen molar-refractivity contribution in [1.82, 2.24) is 0 Å². The van der Waals surface area contributed by atoms with E-state index in [1.54, 1.807) is 0 Å². The summed E-state index contributed by atoms with van der Waals surface area (Å²) in [6, 6.07) is 0. The predicted molar refractivity (Wildman–Crippen MR) is 358 cm³/mol. The molecule has 0 aliphatic rings. The summed E-state index contributed by atoms with van der Waals surface area (Å²) in [4.78, 5) is 38.4. The van der Waals surface area contributed by atoms with Gasteiger partial charge >= 0.3 is 17.9 Å². The third-order valence-corrected chi connectivity index (χ3v) is 16.0. The Kier molecular flexibility index (Phi) is 67.6. The van der Waals surface area contributed by atoms with Crippen LogP contribution in [-0.2, 0) is 28.6 Å². The van der Waals surface area contributed by atoms with Crippen LogP contribution in [0.4, 0.5) is 0 Å². The van der Waals surface area contributed by atoms with E-state index in [-0.39, 0.29) is 31.1 Å². The van der Waals surface area contributed by atoms with Gasteiger partial charge < -0.3 is 14.2 Å². The molecule has 1 unspecified atom stereocenters. The smallest absolute Gasteiger partial charge is 0.306 e. The van der Waals surface area contributed by atoms with Gasteiger partial charge in [0.15, 0.2) is 6.10 Å². The maximum atomic E-state index is 12.9. The fraction of sp³-hybridized carbons (Fsp3) is 0.803. The summed E-state index contributed by atoms with van der Waals surface area (Å²) >= 11 is 0. The molecule has 0 rings (SSSR count).